The molecule has 6 nitrogen and oxygen atoms in total. The fourth-order valence-electron chi connectivity index (χ4n) is 11.7. The zero-order valence-corrected chi connectivity index (χ0v) is 23.0. The molecule has 4 N–H and O–H groups in total. The molecule has 0 radical (unpaired) electrons. The second-order valence-corrected chi connectivity index (χ2v) is 15.1. The van der Waals surface area contributed by atoms with Gasteiger partial charge in [0.2, 0.25) is 11.6 Å². The summed E-state index contributed by atoms with van der Waals surface area (Å²) in [4.78, 5) is 28.5. The summed E-state index contributed by atoms with van der Waals surface area (Å²) in [7, 11) is 0. The second kappa shape index (κ2) is 7.83. The molecular formula is C34H38N2O4. The molecule has 40 heavy (non-hydrogen) atoms. The van der Waals surface area contributed by atoms with E-state index in [-0.39, 0.29) is 45.3 Å². The Morgan fingerprint density at radius 1 is 0.500 bits per heavy atom. The number of aromatic hydroxyl groups is 2. The van der Waals surface area contributed by atoms with Gasteiger partial charge in [-0.3, -0.25) is 9.59 Å². The van der Waals surface area contributed by atoms with Gasteiger partial charge in [0.1, 0.15) is 11.5 Å². The summed E-state index contributed by atoms with van der Waals surface area (Å²) in [5, 5.41) is 29.2. The number of hydrogen-bond donors (Lipinski definition) is 4. The highest BCUT2D eigenvalue weighted by atomic mass is 16.3. The van der Waals surface area contributed by atoms with Crippen LogP contribution in [0.3, 0.4) is 0 Å². The largest absolute Gasteiger partial charge is 0.507 e. The van der Waals surface area contributed by atoms with Gasteiger partial charge < -0.3 is 20.8 Å². The van der Waals surface area contributed by atoms with Gasteiger partial charge >= 0.3 is 0 Å². The third-order valence-electron chi connectivity index (χ3n) is 12.2. The van der Waals surface area contributed by atoms with Crippen molar-refractivity contribution in [2.75, 3.05) is 10.6 Å². The molecule has 0 amide bonds. The number of rotatable bonds is 4. The van der Waals surface area contributed by atoms with E-state index in [9.17, 15) is 19.8 Å². The van der Waals surface area contributed by atoms with Crippen molar-refractivity contribution in [3.63, 3.8) is 0 Å². The van der Waals surface area contributed by atoms with E-state index < -0.39 is 0 Å². The van der Waals surface area contributed by atoms with E-state index in [1.165, 1.54) is 50.7 Å². The lowest BCUT2D eigenvalue weighted by atomic mass is 9.53. The minimum atomic E-state index is -0.376. The van der Waals surface area contributed by atoms with Crippen molar-refractivity contribution in [2.45, 2.75) is 88.1 Å². The fourth-order valence-corrected chi connectivity index (χ4v) is 11.7. The Labute approximate surface area is 234 Å². The van der Waals surface area contributed by atoms with Crippen LogP contribution >= 0.6 is 0 Å². The van der Waals surface area contributed by atoms with Crippen molar-refractivity contribution in [1.29, 1.82) is 0 Å². The Morgan fingerprint density at radius 3 is 1.10 bits per heavy atom. The number of ketones is 2. The molecule has 6 heteroatoms. The average Bonchev–Trinajstić information content (AvgIpc) is 2.87. The molecule has 8 fully saturated rings. The average molecular weight is 539 g/mol. The zero-order valence-electron chi connectivity index (χ0n) is 23.0. The topological polar surface area (TPSA) is 98.7 Å². The maximum Gasteiger partial charge on any atom is 0.200 e. The van der Waals surface area contributed by atoms with Gasteiger partial charge in [-0.25, -0.2) is 0 Å². The molecule has 0 spiro atoms. The number of nitrogens with one attached hydrogen (secondary N) is 2. The standard InChI is InChI=1S/C34H38N2O4/c37-25-3-4-26(38)30-29(25)31(39)27-23(35-33-11-17-5-18(12-33)7-19(6-17)13-33)1-2-24(28(27)32(30)40)36-34-14-20-8-21(15-34)10-22(9-20)16-34/h1-4,17-22,35-38H,5-16H2. The van der Waals surface area contributed by atoms with Crippen LogP contribution in [0.1, 0.15) is 109 Å². The highest BCUT2D eigenvalue weighted by Gasteiger charge is 2.53. The molecule has 0 aliphatic heterocycles. The third-order valence-corrected chi connectivity index (χ3v) is 12.2. The Bertz CT molecular complexity index is 1310. The van der Waals surface area contributed by atoms with E-state index in [2.05, 4.69) is 10.6 Å². The van der Waals surface area contributed by atoms with Crippen LogP contribution in [0.2, 0.25) is 0 Å². The molecule has 0 atom stereocenters. The highest BCUT2D eigenvalue weighted by molar-refractivity contribution is 6.33. The van der Waals surface area contributed by atoms with Gasteiger partial charge in [0.15, 0.2) is 0 Å². The molecule has 0 heterocycles. The molecule has 8 bridgehead atoms. The number of carbonyl (C=O) groups excluding carboxylic acids is 2. The second-order valence-electron chi connectivity index (χ2n) is 15.1. The molecule has 2 aromatic rings. The minimum absolute atomic E-state index is 0.0398. The SMILES string of the molecule is O=C1c2c(O)ccc(O)c2C(=O)c2c(NC34CC5CC(CC(C5)C3)C4)ccc(NC34CC5CC(CC(C5)C3)C4)c21. The third kappa shape index (κ3) is 3.28. The summed E-state index contributed by atoms with van der Waals surface area (Å²) in [6.07, 6.45) is 14.6. The van der Waals surface area contributed by atoms with Crippen molar-refractivity contribution in [3.05, 3.63) is 46.5 Å². The predicted octanol–water partition coefficient (Wildman–Crippen LogP) is 6.63. The Kier molecular flexibility index (Phi) is 4.63. The van der Waals surface area contributed by atoms with E-state index in [1.807, 2.05) is 12.1 Å². The molecule has 2 aromatic carbocycles. The summed E-state index contributed by atoms with van der Waals surface area (Å²) in [6.45, 7) is 0. The van der Waals surface area contributed by atoms with Gasteiger partial charge in [-0.05, 0) is 137 Å². The van der Waals surface area contributed by atoms with Crippen molar-refractivity contribution in [2.24, 2.45) is 35.5 Å². The Morgan fingerprint density at radius 2 is 0.800 bits per heavy atom. The van der Waals surface area contributed by atoms with E-state index >= 15 is 0 Å². The van der Waals surface area contributed by atoms with Gasteiger partial charge in [-0.15, -0.1) is 0 Å². The molecule has 0 unspecified atom stereocenters. The summed E-state index contributed by atoms with van der Waals surface area (Å²) >= 11 is 0. The summed E-state index contributed by atoms with van der Waals surface area (Å²) in [6, 6.07) is 6.65. The van der Waals surface area contributed by atoms with Crippen LogP contribution in [0.5, 0.6) is 11.5 Å². The predicted molar refractivity (Wildman–Crippen MR) is 152 cm³/mol. The lowest BCUT2D eigenvalue weighted by molar-refractivity contribution is 0.0104. The number of anilines is 2. The van der Waals surface area contributed by atoms with Crippen LogP contribution in [0.25, 0.3) is 0 Å². The van der Waals surface area contributed by atoms with E-state index in [4.69, 9.17) is 0 Å². The minimum Gasteiger partial charge on any atom is -0.507 e. The maximum absolute atomic E-state index is 14.3. The first-order valence-corrected chi connectivity index (χ1v) is 15.6. The van der Waals surface area contributed by atoms with Crippen molar-refractivity contribution in [1.82, 2.24) is 0 Å². The van der Waals surface area contributed by atoms with Crippen LogP contribution in [0.15, 0.2) is 24.3 Å². The van der Waals surface area contributed by atoms with Gasteiger partial charge in [0.25, 0.3) is 0 Å². The monoisotopic (exact) mass is 538 g/mol. The van der Waals surface area contributed by atoms with Crippen LogP contribution in [-0.2, 0) is 0 Å². The van der Waals surface area contributed by atoms with Crippen molar-refractivity contribution >= 4 is 22.9 Å². The first kappa shape index (κ1) is 23.7. The van der Waals surface area contributed by atoms with Gasteiger partial charge in [0.05, 0.1) is 22.3 Å². The lowest BCUT2D eigenvalue weighted by Gasteiger charge is -2.57. The number of benzene rings is 2. The Hall–Kier alpha value is -3.02. The van der Waals surface area contributed by atoms with Crippen molar-refractivity contribution in [3.8, 4) is 11.5 Å². The van der Waals surface area contributed by atoms with E-state index in [0.29, 0.717) is 22.5 Å². The molecule has 8 saturated carbocycles. The Balaban J connectivity index is 1.17. The summed E-state index contributed by atoms with van der Waals surface area (Å²) in [5.41, 5.74) is 1.92. The first-order chi connectivity index (χ1) is 19.3. The number of fused-ring (bicyclic) bond motifs is 2. The normalized spacial score (nSPS) is 39.8. The van der Waals surface area contributed by atoms with Gasteiger partial charge in [-0.2, -0.15) is 0 Å². The quantitative estimate of drug-likeness (QED) is 0.278. The summed E-state index contributed by atoms with van der Waals surface area (Å²) in [5.74, 6) is 3.19. The van der Waals surface area contributed by atoms with E-state index in [0.717, 1.165) is 74.0 Å². The molecule has 11 rings (SSSR count). The number of phenolic OH excluding ortho intramolecular Hbond substituents is 2. The first-order valence-electron chi connectivity index (χ1n) is 15.6. The highest BCUT2D eigenvalue weighted by Crippen LogP contribution is 2.59. The number of carbonyl (C=O) groups is 2. The molecule has 0 saturated heterocycles. The zero-order chi connectivity index (χ0) is 27.0. The smallest absolute Gasteiger partial charge is 0.200 e. The van der Waals surface area contributed by atoms with Crippen LogP contribution in [0, 0.1) is 35.5 Å². The van der Waals surface area contributed by atoms with Gasteiger partial charge in [0, 0.05) is 22.5 Å². The molecule has 208 valence electrons. The van der Waals surface area contributed by atoms with E-state index in [1.54, 1.807) is 0 Å². The number of phenols is 2. The van der Waals surface area contributed by atoms with Crippen LogP contribution in [-0.4, -0.2) is 32.9 Å². The molecule has 9 aliphatic carbocycles. The molecule has 9 aliphatic rings. The van der Waals surface area contributed by atoms with Gasteiger partial charge in [-0.1, -0.05) is 0 Å². The number of hydrogen-bond acceptors (Lipinski definition) is 6. The lowest BCUT2D eigenvalue weighted by Crippen LogP contribution is -2.55. The van der Waals surface area contributed by atoms with Crippen LogP contribution < -0.4 is 10.6 Å². The molecule has 0 aromatic heterocycles. The maximum atomic E-state index is 14.3. The summed E-state index contributed by atoms with van der Waals surface area (Å²) < 4.78 is 0. The molecular weight excluding hydrogens is 500 g/mol. The van der Waals surface area contributed by atoms with Crippen molar-refractivity contribution < 1.29 is 19.8 Å². The fraction of sp³-hybridized carbons (Fsp3) is 0.588. The van der Waals surface area contributed by atoms with Crippen LogP contribution in [0.4, 0.5) is 11.4 Å².